The summed E-state index contributed by atoms with van der Waals surface area (Å²) >= 11 is 0. The van der Waals surface area contributed by atoms with Crippen LogP contribution in [0.25, 0.3) is 0 Å². The van der Waals surface area contributed by atoms with E-state index < -0.39 is 0 Å². The summed E-state index contributed by atoms with van der Waals surface area (Å²) < 4.78 is 5.47. The van der Waals surface area contributed by atoms with Crippen LogP contribution in [0.4, 0.5) is 5.82 Å². The van der Waals surface area contributed by atoms with Crippen LogP contribution in [0.3, 0.4) is 0 Å². The summed E-state index contributed by atoms with van der Waals surface area (Å²) in [6.45, 7) is 6.12. The van der Waals surface area contributed by atoms with E-state index in [1.807, 2.05) is 0 Å². The minimum Gasteiger partial charge on any atom is -0.381 e. The minimum absolute atomic E-state index is 0.433. The second-order valence-corrected chi connectivity index (χ2v) is 7.81. The molecule has 2 fully saturated rings. The van der Waals surface area contributed by atoms with E-state index in [1.54, 1.807) is 6.33 Å². The summed E-state index contributed by atoms with van der Waals surface area (Å²) in [5.74, 6) is 2.20. The van der Waals surface area contributed by atoms with Crippen molar-refractivity contribution in [2.24, 2.45) is 5.92 Å². The average molecular weight is 367 g/mol. The number of likely N-dealkylation sites (tertiary alicyclic amines) is 1. The number of ether oxygens (including phenoxy) is 1. The molecule has 27 heavy (non-hydrogen) atoms. The predicted molar refractivity (Wildman–Crippen MR) is 108 cm³/mol. The Morgan fingerprint density at radius 1 is 1.07 bits per heavy atom. The lowest BCUT2D eigenvalue weighted by Gasteiger charge is -2.32. The van der Waals surface area contributed by atoms with E-state index in [-0.39, 0.29) is 0 Å². The number of nitrogens with zero attached hydrogens (tertiary/aromatic N) is 3. The molecule has 5 nitrogen and oxygen atoms in total. The number of aromatic nitrogens is 2. The van der Waals surface area contributed by atoms with Gasteiger partial charge < -0.3 is 10.1 Å². The maximum Gasteiger partial charge on any atom is 0.129 e. The summed E-state index contributed by atoms with van der Waals surface area (Å²) in [6.07, 6.45) is 6.55. The number of rotatable bonds is 7. The van der Waals surface area contributed by atoms with Gasteiger partial charge in [0.25, 0.3) is 0 Å². The van der Waals surface area contributed by atoms with E-state index >= 15 is 0 Å². The van der Waals surface area contributed by atoms with Crippen molar-refractivity contribution >= 4 is 5.82 Å². The Hall–Kier alpha value is -1.98. The minimum atomic E-state index is 0.433. The van der Waals surface area contributed by atoms with Crippen LogP contribution in [0.15, 0.2) is 42.7 Å². The Bertz CT molecular complexity index is 694. The highest BCUT2D eigenvalue weighted by Gasteiger charge is 2.20. The molecule has 1 aromatic carbocycles. The van der Waals surface area contributed by atoms with Gasteiger partial charge in [-0.1, -0.05) is 30.3 Å². The van der Waals surface area contributed by atoms with Gasteiger partial charge in [0.15, 0.2) is 0 Å². The zero-order valence-corrected chi connectivity index (χ0v) is 16.0. The maximum absolute atomic E-state index is 5.47. The first-order valence-electron chi connectivity index (χ1n) is 10.3. The molecule has 1 N–H and O–H groups in total. The highest BCUT2D eigenvalue weighted by atomic mass is 16.5. The monoisotopic (exact) mass is 366 g/mol. The molecular weight excluding hydrogens is 336 g/mol. The molecular formula is C22H30N4O. The number of nitrogens with one attached hydrogen (secondary N) is 1. The zero-order chi connectivity index (χ0) is 18.3. The van der Waals surface area contributed by atoms with Gasteiger partial charge in [-0.2, -0.15) is 0 Å². The molecule has 4 rings (SSSR count). The first-order chi connectivity index (χ1) is 13.4. The van der Waals surface area contributed by atoms with Gasteiger partial charge in [-0.05, 0) is 50.3 Å². The van der Waals surface area contributed by atoms with Gasteiger partial charge in [-0.15, -0.1) is 0 Å². The topological polar surface area (TPSA) is 50.3 Å². The molecule has 144 valence electrons. The van der Waals surface area contributed by atoms with Crippen molar-refractivity contribution in [2.45, 2.75) is 38.1 Å². The van der Waals surface area contributed by atoms with Gasteiger partial charge in [0, 0.05) is 31.7 Å². The predicted octanol–water partition coefficient (Wildman–Crippen LogP) is 3.69. The molecule has 0 amide bonds. The molecule has 2 aliphatic rings. The summed E-state index contributed by atoms with van der Waals surface area (Å²) in [7, 11) is 0. The Kier molecular flexibility index (Phi) is 6.32. The molecule has 2 saturated heterocycles. The van der Waals surface area contributed by atoms with E-state index in [2.05, 4.69) is 56.6 Å². The second-order valence-electron chi connectivity index (χ2n) is 7.81. The van der Waals surface area contributed by atoms with Crippen molar-refractivity contribution in [1.29, 1.82) is 0 Å². The smallest absolute Gasteiger partial charge is 0.129 e. The fourth-order valence-corrected chi connectivity index (χ4v) is 4.14. The first kappa shape index (κ1) is 18.4. The average Bonchev–Trinajstić information content (AvgIpc) is 3.25. The maximum atomic E-state index is 5.47. The highest BCUT2D eigenvalue weighted by molar-refractivity contribution is 5.35. The van der Waals surface area contributed by atoms with Crippen LogP contribution >= 0.6 is 0 Å². The molecule has 0 aliphatic carbocycles. The van der Waals surface area contributed by atoms with E-state index in [9.17, 15) is 0 Å². The molecule has 1 aromatic heterocycles. The van der Waals surface area contributed by atoms with Crippen LogP contribution in [0.1, 0.15) is 42.9 Å². The normalized spacial score (nSPS) is 21.4. The van der Waals surface area contributed by atoms with Crippen LogP contribution in [-0.2, 0) is 11.3 Å². The molecule has 1 unspecified atom stereocenters. The highest BCUT2D eigenvalue weighted by Crippen LogP contribution is 2.25. The second kappa shape index (κ2) is 9.29. The Morgan fingerprint density at radius 2 is 1.93 bits per heavy atom. The Labute approximate surface area is 162 Å². The van der Waals surface area contributed by atoms with Crippen LogP contribution in [0, 0.1) is 5.92 Å². The summed E-state index contributed by atoms with van der Waals surface area (Å²) in [5.41, 5.74) is 2.53. The number of piperidine rings is 1. The SMILES string of the molecule is c1ccc(CN2CCC(CCNc3cc(C4CCOC4)ncn3)CC2)cc1. The van der Waals surface area contributed by atoms with Crippen molar-refractivity contribution in [2.75, 3.05) is 38.2 Å². The number of hydrogen-bond donors (Lipinski definition) is 1. The van der Waals surface area contributed by atoms with Gasteiger partial charge in [-0.3, -0.25) is 4.90 Å². The Morgan fingerprint density at radius 3 is 2.70 bits per heavy atom. The first-order valence-corrected chi connectivity index (χ1v) is 10.3. The van der Waals surface area contributed by atoms with E-state index in [0.717, 1.165) is 50.2 Å². The van der Waals surface area contributed by atoms with Crippen molar-refractivity contribution in [1.82, 2.24) is 14.9 Å². The molecule has 0 saturated carbocycles. The van der Waals surface area contributed by atoms with Crippen molar-refractivity contribution in [3.05, 3.63) is 54.0 Å². The Balaban J connectivity index is 1.18. The molecule has 0 radical (unpaired) electrons. The molecule has 1 atom stereocenters. The number of hydrogen-bond acceptors (Lipinski definition) is 5. The van der Waals surface area contributed by atoms with Gasteiger partial charge in [0.2, 0.25) is 0 Å². The van der Waals surface area contributed by atoms with Crippen molar-refractivity contribution in [3.8, 4) is 0 Å². The summed E-state index contributed by atoms with van der Waals surface area (Å²) in [6, 6.07) is 12.9. The summed E-state index contributed by atoms with van der Waals surface area (Å²) in [4.78, 5) is 11.4. The van der Waals surface area contributed by atoms with E-state index in [1.165, 1.54) is 37.9 Å². The molecule has 3 heterocycles. The van der Waals surface area contributed by atoms with Gasteiger partial charge >= 0.3 is 0 Å². The van der Waals surface area contributed by atoms with E-state index in [0.29, 0.717) is 5.92 Å². The van der Waals surface area contributed by atoms with E-state index in [4.69, 9.17) is 4.74 Å². The molecule has 5 heteroatoms. The molecule has 2 aliphatic heterocycles. The summed E-state index contributed by atoms with van der Waals surface area (Å²) in [5, 5.41) is 3.50. The van der Waals surface area contributed by atoms with Gasteiger partial charge in [-0.25, -0.2) is 9.97 Å². The molecule has 2 aromatic rings. The standard InChI is InChI=1S/C22H30N4O/c1-2-4-19(5-3-1)15-26-11-7-18(8-12-26)6-10-23-22-14-21(24-17-25-22)20-9-13-27-16-20/h1-5,14,17-18,20H,6-13,15-16H2,(H,23,24,25). The van der Waals surface area contributed by atoms with Crippen LogP contribution < -0.4 is 5.32 Å². The third-order valence-electron chi connectivity index (χ3n) is 5.85. The molecule has 0 spiro atoms. The number of benzene rings is 1. The van der Waals surface area contributed by atoms with Crippen LogP contribution in [-0.4, -0.2) is 47.7 Å². The zero-order valence-electron chi connectivity index (χ0n) is 16.0. The fourth-order valence-electron chi connectivity index (χ4n) is 4.14. The number of anilines is 1. The third kappa shape index (κ3) is 5.27. The third-order valence-corrected chi connectivity index (χ3v) is 5.85. The van der Waals surface area contributed by atoms with Crippen molar-refractivity contribution < 1.29 is 4.74 Å². The van der Waals surface area contributed by atoms with Crippen molar-refractivity contribution in [3.63, 3.8) is 0 Å². The lowest BCUT2D eigenvalue weighted by Crippen LogP contribution is -2.33. The lowest BCUT2D eigenvalue weighted by atomic mass is 9.93. The fraction of sp³-hybridized carbons (Fsp3) is 0.545. The van der Waals surface area contributed by atoms with Crippen LogP contribution in [0.5, 0.6) is 0 Å². The lowest BCUT2D eigenvalue weighted by molar-refractivity contribution is 0.174. The largest absolute Gasteiger partial charge is 0.381 e. The van der Waals surface area contributed by atoms with Gasteiger partial charge in [0.1, 0.15) is 12.1 Å². The quantitative estimate of drug-likeness (QED) is 0.810. The van der Waals surface area contributed by atoms with Crippen LogP contribution in [0.2, 0.25) is 0 Å². The van der Waals surface area contributed by atoms with Gasteiger partial charge in [0.05, 0.1) is 12.3 Å². The molecule has 0 bridgehead atoms.